The molecule has 0 aliphatic rings. The highest BCUT2D eigenvalue weighted by molar-refractivity contribution is 5.33. The van der Waals surface area contributed by atoms with E-state index in [1.165, 1.54) is 4.57 Å². The first kappa shape index (κ1) is 9.02. The van der Waals surface area contributed by atoms with Gasteiger partial charge in [-0.15, -0.1) is 0 Å². The normalized spacial score (nSPS) is 12.9. The third kappa shape index (κ3) is 1.96. The first-order valence-electron chi connectivity index (χ1n) is 3.57. The van der Waals surface area contributed by atoms with Gasteiger partial charge in [-0.25, -0.2) is 4.39 Å². The summed E-state index contributed by atoms with van der Waals surface area (Å²) in [5.41, 5.74) is 1.93. The van der Waals surface area contributed by atoms with E-state index in [4.69, 9.17) is 10.3 Å². The van der Waals surface area contributed by atoms with Gasteiger partial charge in [0.15, 0.2) is 0 Å². The van der Waals surface area contributed by atoms with Crippen molar-refractivity contribution in [3.8, 4) is 0 Å². The minimum absolute atomic E-state index is 0.131. The summed E-state index contributed by atoms with van der Waals surface area (Å²) in [6, 6.07) is 3.30. The number of aliphatic hydroxyl groups is 1. The van der Waals surface area contributed by atoms with Crippen LogP contribution >= 0.6 is 0 Å². The number of aliphatic hydroxyl groups excluding tert-OH is 1. The Bertz CT molecular complexity index is 239. The summed E-state index contributed by atoms with van der Waals surface area (Å²) in [4.78, 5) is 0. The molecule has 5 heteroatoms. The van der Waals surface area contributed by atoms with Crippen molar-refractivity contribution < 1.29 is 14.7 Å². The maximum atomic E-state index is 11.9. The fraction of sp³-hybridized carbons (Fsp3) is 0.429. The molecule has 1 aromatic rings. The summed E-state index contributed by atoms with van der Waals surface area (Å²) in [5, 5.41) is 17.5. The Labute approximate surface area is 69.2 Å². The minimum Gasteiger partial charge on any atom is -0.389 e. The van der Waals surface area contributed by atoms with Gasteiger partial charge in [0.2, 0.25) is 0 Å². The topological polar surface area (TPSA) is 57.4 Å². The maximum Gasteiger partial charge on any atom is 0.129 e. The van der Waals surface area contributed by atoms with Gasteiger partial charge in [-0.3, -0.25) is 10.7 Å². The van der Waals surface area contributed by atoms with Crippen LogP contribution in [0.3, 0.4) is 0 Å². The molecule has 0 aliphatic heterocycles. The average molecular weight is 174 g/mol. The molecule has 4 nitrogen and oxygen atoms in total. The van der Waals surface area contributed by atoms with Gasteiger partial charge in [0, 0.05) is 6.20 Å². The fourth-order valence-corrected chi connectivity index (χ4v) is 0.951. The largest absolute Gasteiger partial charge is 0.389 e. The lowest BCUT2D eigenvalue weighted by Crippen LogP contribution is -2.18. The molecular formula is C7H11FN2O2. The van der Waals surface area contributed by atoms with Crippen LogP contribution in [0.15, 0.2) is 18.3 Å². The van der Waals surface area contributed by atoms with E-state index in [-0.39, 0.29) is 6.54 Å². The van der Waals surface area contributed by atoms with Gasteiger partial charge in [0.1, 0.15) is 18.6 Å². The number of nitrogens with zero attached hydrogens (tertiary/aromatic N) is 1. The van der Waals surface area contributed by atoms with Gasteiger partial charge in [0.25, 0.3) is 0 Å². The summed E-state index contributed by atoms with van der Waals surface area (Å²) in [7, 11) is 0. The van der Waals surface area contributed by atoms with Crippen LogP contribution in [0.5, 0.6) is 0 Å². The van der Waals surface area contributed by atoms with Crippen LogP contribution in [0, 0.1) is 0 Å². The lowest BCUT2D eigenvalue weighted by molar-refractivity contribution is 0.122. The molecule has 0 saturated heterocycles. The van der Waals surface area contributed by atoms with E-state index in [1.807, 2.05) is 5.48 Å². The van der Waals surface area contributed by atoms with E-state index < -0.39 is 12.8 Å². The highest BCUT2D eigenvalue weighted by atomic mass is 19.1. The van der Waals surface area contributed by atoms with E-state index in [0.717, 1.165) is 0 Å². The van der Waals surface area contributed by atoms with Crippen LogP contribution in [0.25, 0.3) is 0 Å². The predicted molar refractivity (Wildman–Crippen MR) is 41.8 cm³/mol. The molecule has 0 amide bonds. The fourth-order valence-electron chi connectivity index (χ4n) is 0.951. The Morgan fingerprint density at radius 2 is 2.42 bits per heavy atom. The first-order valence-corrected chi connectivity index (χ1v) is 3.57. The predicted octanol–water partition coefficient (Wildman–Crippen LogP) is 0.620. The zero-order valence-electron chi connectivity index (χ0n) is 6.44. The van der Waals surface area contributed by atoms with Crippen LogP contribution in [-0.4, -0.2) is 27.7 Å². The molecule has 0 radical (unpaired) electrons. The molecule has 12 heavy (non-hydrogen) atoms. The van der Waals surface area contributed by atoms with Crippen LogP contribution in [0.1, 0.15) is 0 Å². The van der Waals surface area contributed by atoms with Crippen LogP contribution < -0.4 is 5.48 Å². The number of hydrogen-bond donors (Lipinski definition) is 3. The molecule has 0 aliphatic carbocycles. The molecule has 1 unspecified atom stereocenters. The van der Waals surface area contributed by atoms with Gasteiger partial charge < -0.3 is 9.67 Å². The molecule has 1 rings (SSSR count). The van der Waals surface area contributed by atoms with E-state index in [9.17, 15) is 4.39 Å². The molecule has 3 N–H and O–H groups in total. The SMILES string of the molecule is ONc1cccn1CC(O)CF. The van der Waals surface area contributed by atoms with Crippen molar-refractivity contribution in [3.05, 3.63) is 18.3 Å². The van der Waals surface area contributed by atoms with Gasteiger partial charge in [0.05, 0.1) is 6.54 Å². The summed E-state index contributed by atoms with van der Waals surface area (Å²) in [6.45, 7) is -0.657. The molecule has 1 heterocycles. The number of rotatable bonds is 4. The summed E-state index contributed by atoms with van der Waals surface area (Å²) in [5.74, 6) is 0.433. The third-order valence-corrected chi connectivity index (χ3v) is 1.53. The Kier molecular flexibility index (Phi) is 3.07. The summed E-state index contributed by atoms with van der Waals surface area (Å²) < 4.78 is 13.4. The second kappa shape index (κ2) is 4.08. The standard InChI is InChI=1S/C7H11FN2O2/c8-4-6(11)5-10-3-1-2-7(10)9-12/h1-3,6,9,11-12H,4-5H2. The second-order valence-electron chi connectivity index (χ2n) is 2.47. The molecule has 1 aromatic heterocycles. The number of nitrogens with one attached hydrogen (secondary N) is 1. The van der Waals surface area contributed by atoms with Gasteiger partial charge >= 0.3 is 0 Å². The molecular weight excluding hydrogens is 163 g/mol. The highest BCUT2D eigenvalue weighted by Gasteiger charge is 2.06. The van der Waals surface area contributed by atoms with E-state index >= 15 is 0 Å². The summed E-state index contributed by atoms with van der Waals surface area (Å²) in [6.07, 6.45) is 0.613. The summed E-state index contributed by atoms with van der Waals surface area (Å²) >= 11 is 0. The van der Waals surface area contributed by atoms with Crippen LogP contribution in [-0.2, 0) is 6.54 Å². The van der Waals surface area contributed by atoms with Crippen LogP contribution in [0.2, 0.25) is 0 Å². The van der Waals surface area contributed by atoms with Crippen LogP contribution in [0.4, 0.5) is 10.2 Å². The number of alkyl halides is 1. The number of aromatic nitrogens is 1. The molecule has 1 atom stereocenters. The van der Waals surface area contributed by atoms with Crippen molar-refractivity contribution in [1.82, 2.24) is 4.57 Å². The quantitative estimate of drug-likeness (QED) is 0.586. The molecule has 0 aromatic carbocycles. The Balaban J connectivity index is 2.61. The first-order chi connectivity index (χ1) is 5.77. The zero-order valence-corrected chi connectivity index (χ0v) is 6.44. The molecule has 68 valence electrons. The lowest BCUT2D eigenvalue weighted by Gasteiger charge is -2.10. The van der Waals surface area contributed by atoms with Gasteiger partial charge in [-0.1, -0.05) is 0 Å². The van der Waals surface area contributed by atoms with Crippen molar-refractivity contribution in [1.29, 1.82) is 0 Å². The molecule has 0 spiro atoms. The Morgan fingerprint density at radius 3 is 3.00 bits per heavy atom. The zero-order chi connectivity index (χ0) is 8.97. The number of hydrogen-bond acceptors (Lipinski definition) is 3. The van der Waals surface area contributed by atoms with Crippen molar-refractivity contribution in [3.63, 3.8) is 0 Å². The van der Waals surface area contributed by atoms with Crippen molar-refractivity contribution in [2.75, 3.05) is 12.2 Å². The Morgan fingerprint density at radius 1 is 1.67 bits per heavy atom. The van der Waals surface area contributed by atoms with E-state index in [2.05, 4.69) is 0 Å². The molecule has 0 bridgehead atoms. The highest BCUT2D eigenvalue weighted by Crippen LogP contribution is 2.08. The average Bonchev–Trinajstić information content (AvgIpc) is 2.51. The molecule has 0 fully saturated rings. The second-order valence-corrected chi connectivity index (χ2v) is 2.47. The maximum absolute atomic E-state index is 11.9. The third-order valence-electron chi connectivity index (χ3n) is 1.53. The number of halogens is 1. The van der Waals surface area contributed by atoms with Gasteiger partial charge in [-0.05, 0) is 12.1 Å². The minimum atomic E-state index is -1.02. The van der Waals surface area contributed by atoms with Crippen molar-refractivity contribution in [2.45, 2.75) is 12.6 Å². The smallest absolute Gasteiger partial charge is 0.129 e. The van der Waals surface area contributed by atoms with Gasteiger partial charge in [-0.2, -0.15) is 0 Å². The molecule has 0 saturated carbocycles. The monoisotopic (exact) mass is 174 g/mol. The Hall–Kier alpha value is -1.07. The van der Waals surface area contributed by atoms with E-state index in [1.54, 1.807) is 18.3 Å². The lowest BCUT2D eigenvalue weighted by atomic mass is 10.4. The van der Waals surface area contributed by atoms with E-state index in [0.29, 0.717) is 5.82 Å². The van der Waals surface area contributed by atoms with Crippen molar-refractivity contribution in [2.24, 2.45) is 0 Å². The number of anilines is 1. The van der Waals surface area contributed by atoms with Crippen molar-refractivity contribution >= 4 is 5.82 Å².